The fourth-order valence-corrected chi connectivity index (χ4v) is 2.92. The molecule has 1 aliphatic rings. The van der Waals surface area contributed by atoms with Crippen molar-refractivity contribution in [3.63, 3.8) is 0 Å². The van der Waals surface area contributed by atoms with Crippen molar-refractivity contribution in [2.24, 2.45) is 0 Å². The van der Waals surface area contributed by atoms with Crippen LogP contribution in [0.15, 0.2) is 42.7 Å². The number of carbonyl (C=O) groups is 1. The van der Waals surface area contributed by atoms with Crippen LogP contribution in [0, 0.1) is 0 Å². The van der Waals surface area contributed by atoms with E-state index in [-0.39, 0.29) is 18.3 Å². The molecule has 0 saturated carbocycles. The summed E-state index contributed by atoms with van der Waals surface area (Å²) in [6, 6.07) is 9.88. The summed E-state index contributed by atoms with van der Waals surface area (Å²) in [6.45, 7) is 3.40. The van der Waals surface area contributed by atoms with E-state index in [0.29, 0.717) is 6.54 Å². The molecule has 1 fully saturated rings. The van der Waals surface area contributed by atoms with E-state index in [1.807, 2.05) is 48.1 Å². The second kappa shape index (κ2) is 7.62. The van der Waals surface area contributed by atoms with Crippen molar-refractivity contribution < 1.29 is 4.79 Å². The normalized spacial score (nSPS) is 20.6. The van der Waals surface area contributed by atoms with Gasteiger partial charge in [-0.05, 0) is 50.4 Å². The summed E-state index contributed by atoms with van der Waals surface area (Å²) in [4.78, 5) is 12.5. The summed E-state index contributed by atoms with van der Waals surface area (Å²) in [5.41, 5.74) is 1.60. The zero-order valence-electron chi connectivity index (χ0n) is 13.3. The van der Waals surface area contributed by atoms with Gasteiger partial charge in [-0.15, -0.1) is 12.4 Å². The smallest absolute Gasteiger partial charge is 0.240 e. The Balaban J connectivity index is 0.00000192. The molecule has 1 atom stereocenters. The van der Waals surface area contributed by atoms with E-state index in [0.717, 1.165) is 37.1 Å². The molecule has 0 bridgehead atoms. The summed E-state index contributed by atoms with van der Waals surface area (Å²) in [5, 5.41) is 10.7. The summed E-state index contributed by atoms with van der Waals surface area (Å²) < 4.78 is 1.82. The van der Waals surface area contributed by atoms with E-state index in [2.05, 4.69) is 15.7 Å². The number of rotatable bonds is 4. The van der Waals surface area contributed by atoms with E-state index in [1.54, 1.807) is 6.20 Å². The Labute approximate surface area is 142 Å². The van der Waals surface area contributed by atoms with Crippen LogP contribution in [0.2, 0.25) is 0 Å². The zero-order valence-corrected chi connectivity index (χ0v) is 14.1. The first kappa shape index (κ1) is 17.5. The number of nitrogens with zero attached hydrogens (tertiary/aromatic N) is 2. The summed E-state index contributed by atoms with van der Waals surface area (Å²) in [6.07, 6.45) is 6.79. The monoisotopic (exact) mass is 334 g/mol. The third-order valence-electron chi connectivity index (χ3n) is 4.30. The maximum atomic E-state index is 12.5. The van der Waals surface area contributed by atoms with E-state index < -0.39 is 5.54 Å². The van der Waals surface area contributed by atoms with Crippen LogP contribution < -0.4 is 10.6 Å². The minimum atomic E-state index is -0.446. The van der Waals surface area contributed by atoms with E-state index in [1.165, 1.54) is 0 Å². The second-order valence-electron chi connectivity index (χ2n) is 5.98. The Morgan fingerprint density at radius 1 is 1.35 bits per heavy atom. The average molecular weight is 335 g/mol. The lowest BCUT2D eigenvalue weighted by molar-refractivity contribution is -0.128. The molecular weight excluding hydrogens is 312 g/mol. The van der Waals surface area contributed by atoms with Crippen molar-refractivity contribution in [2.75, 3.05) is 6.54 Å². The number of benzene rings is 1. The molecule has 1 saturated heterocycles. The number of aromatic nitrogens is 2. The molecule has 2 heterocycles. The molecule has 2 aromatic rings. The second-order valence-corrected chi connectivity index (χ2v) is 5.98. The fourth-order valence-electron chi connectivity index (χ4n) is 2.92. The van der Waals surface area contributed by atoms with Gasteiger partial charge in [0.05, 0.1) is 11.2 Å². The van der Waals surface area contributed by atoms with Crippen molar-refractivity contribution >= 4 is 18.3 Å². The van der Waals surface area contributed by atoms with Crippen LogP contribution in [0.5, 0.6) is 0 Å². The number of nitrogens with one attached hydrogen (secondary N) is 2. The SMILES string of the molecule is CC1(C(=O)NCc2ccccc2-n2cccn2)CCCCN1.Cl. The van der Waals surface area contributed by atoms with Gasteiger partial charge in [0.1, 0.15) is 0 Å². The lowest BCUT2D eigenvalue weighted by Gasteiger charge is -2.33. The quantitative estimate of drug-likeness (QED) is 0.903. The Kier molecular flexibility index (Phi) is 5.80. The Morgan fingerprint density at radius 2 is 2.17 bits per heavy atom. The predicted octanol–water partition coefficient (Wildman–Crippen LogP) is 2.44. The van der Waals surface area contributed by atoms with Gasteiger partial charge >= 0.3 is 0 Å². The molecule has 1 aromatic heterocycles. The topological polar surface area (TPSA) is 59.0 Å². The molecule has 23 heavy (non-hydrogen) atoms. The number of piperidine rings is 1. The molecule has 1 amide bonds. The van der Waals surface area contributed by atoms with Crippen LogP contribution in [0.3, 0.4) is 0 Å². The molecule has 1 unspecified atom stereocenters. The third kappa shape index (κ3) is 3.92. The molecule has 1 aromatic carbocycles. The number of amides is 1. The highest BCUT2D eigenvalue weighted by molar-refractivity contribution is 5.86. The van der Waals surface area contributed by atoms with E-state index in [9.17, 15) is 4.79 Å². The molecule has 0 radical (unpaired) electrons. The van der Waals surface area contributed by atoms with Crippen molar-refractivity contribution in [2.45, 2.75) is 38.3 Å². The van der Waals surface area contributed by atoms with Gasteiger partial charge in [-0.2, -0.15) is 5.10 Å². The van der Waals surface area contributed by atoms with Gasteiger partial charge in [0.15, 0.2) is 0 Å². The Hall–Kier alpha value is -1.85. The molecule has 124 valence electrons. The Morgan fingerprint density at radius 3 is 2.87 bits per heavy atom. The highest BCUT2D eigenvalue weighted by Gasteiger charge is 2.33. The van der Waals surface area contributed by atoms with Crippen molar-refractivity contribution in [1.82, 2.24) is 20.4 Å². The van der Waals surface area contributed by atoms with Crippen LogP contribution >= 0.6 is 12.4 Å². The van der Waals surface area contributed by atoms with Gasteiger partial charge in [-0.1, -0.05) is 18.2 Å². The minimum Gasteiger partial charge on any atom is -0.350 e. The number of carbonyl (C=O) groups excluding carboxylic acids is 1. The van der Waals surface area contributed by atoms with Gasteiger partial charge in [0, 0.05) is 18.9 Å². The lowest BCUT2D eigenvalue weighted by Crippen LogP contribution is -2.56. The first-order chi connectivity index (χ1) is 10.7. The van der Waals surface area contributed by atoms with Crippen LogP contribution in [0.4, 0.5) is 0 Å². The van der Waals surface area contributed by atoms with Crippen molar-refractivity contribution in [3.05, 3.63) is 48.3 Å². The fraction of sp³-hybridized carbons (Fsp3) is 0.412. The third-order valence-corrected chi connectivity index (χ3v) is 4.30. The highest BCUT2D eigenvalue weighted by atomic mass is 35.5. The highest BCUT2D eigenvalue weighted by Crippen LogP contribution is 2.19. The first-order valence-corrected chi connectivity index (χ1v) is 7.80. The zero-order chi connectivity index (χ0) is 15.4. The number of hydrogen-bond donors (Lipinski definition) is 2. The summed E-state index contributed by atoms with van der Waals surface area (Å²) >= 11 is 0. The van der Waals surface area contributed by atoms with Gasteiger partial charge in [0.25, 0.3) is 0 Å². The molecule has 5 nitrogen and oxygen atoms in total. The molecule has 2 N–H and O–H groups in total. The van der Waals surface area contributed by atoms with Crippen LogP contribution in [0.1, 0.15) is 31.7 Å². The first-order valence-electron chi connectivity index (χ1n) is 7.80. The van der Waals surface area contributed by atoms with Gasteiger partial charge in [0.2, 0.25) is 5.91 Å². The number of halogens is 1. The summed E-state index contributed by atoms with van der Waals surface area (Å²) in [5.74, 6) is 0.0717. The molecule has 1 aliphatic heterocycles. The standard InChI is InChI=1S/C17H22N4O.ClH/c1-17(9-4-5-10-19-17)16(22)18-13-14-7-2-3-8-15(14)21-12-6-11-20-21;/h2-3,6-8,11-12,19H,4-5,9-10,13H2,1H3,(H,18,22);1H. The molecule has 6 heteroatoms. The maximum Gasteiger partial charge on any atom is 0.240 e. The van der Waals surface area contributed by atoms with Crippen LogP contribution in [0.25, 0.3) is 5.69 Å². The van der Waals surface area contributed by atoms with Gasteiger partial charge in [-0.3, -0.25) is 4.79 Å². The molecule has 0 aliphatic carbocycles. The van der Waals surface area contributed by atoms with Crippen LogP contribution in [-0.4, -0.2) is 27.8 Å². The van der Waals surface area contributed by atoms with Crippen molar-refractivity contribution in [1.29, 1.82) is 0 Å². The molecule has 0 spiro atoms. The minimum absolute atomic E-state index is 0. The number of para-hydroxylation sites is 1. The summed E-state index contributed by atoms with van der Waals surface area (Å²) in [7, 11) is 0. The molecule has 3 rings (SSSR count). The average Bonchev–Trinajstić information content (AvgIpc) is 3.08. The van der Waals surface area contributed by atoms with Gasteiger partial charge < -0.3 is 10.6 Å². The number of hydrogen-bond acceptors (Lipinski definition) is 3. The van der Waals surface area contributed by atoms with Crippen molar-refractivity contribution in [3.8, 4) is 5.69 Å². The molecular formula is C17H23ClN4O. The largest absolute Gasteiger partial charge is 0.350 e. The maximum absolute atomic E-state index is 12.5. The lowest BCUT2D eigenvalue weighted by atomic mass is 9.90. The van der Waals surface area contributed by atoms with E-state index >= 15 is 0 Å². The van der Waals surface area contributed by atoms with Crippen LogP contribution in [-0.2, 0) is 11.3 Å². The Bertz CT molecular complexity index is 636. The predicted molar refractivity (Wildman–Crippen MR) is 92.9 cm³/mol. The van der Waals surface area contributed by atoms with E-state index in [4.69, 9.17) is 0 Å². The van der Waals surface area contributed by atoms with Gasteiger partial charge in [-0.25, -0.2) is 4.68 Å².